The molecule has 0 saturated heterocycles. The summed E-state index contributed by atoms with van der Waals surface area (Å²) in [5, 5.41) is 17.3. The topological polar surface area (TPSA) is 151 Å². The van der Waals surface area contributed by atoms with Crippen molar-refractivity contribution in [3.8, 4) is 0 Å². The molecular formula is C22H42N4O5. The van der Waals surface area contributed by atoms with Gasteiger partial charge in [-0.15, -0.1) is 0 Å². The lowest BCUT2D eigenvalue weighted by molar-refractivity contribution is -0.144. The van der Waals surface area contributed by atoms with Crippen molar-refractivity contribution >= 4 is 23.7 Å². The highest BCUT2D eigenvalue weighted by Gasteiger charge is 2.34. The van der Waals surface area contributed by atoms with Crippen molar-refractivity contribution in [2.45, 2.75) is 92.4 Å². The number of rotatable bonds is 13. The first-order chi connectivity index (χ1) is 14.2. The molecule has 6 N–H and O–H groups in total. The number of carboxylic acids is 1. The number of nitrogens with one attached hydrogen (secondary N) is 3. The Morgan fingerprint density at radius 1 is 0.742 bits per heavy atom. The third-order valence-electron chi connectivity index (χ3n) is 5.33. The molecule has 0 aliphatic rings. The van der Waals surface area contributed by atoms with Crippen LogP contribution in [0.5, 0.6) is 0 Å². The van der Waals surface area contributed by atoms with Crippen LogP contribution >= 0.6 is 0 Å². The first-order valence-electron chi connectivity index (χ1n) is 11.1. The molecule has 31 heavy (non-hydrogen) atoms. The molecule has 0 aromatic heterocycles. The average molecular weight is 443 g/mol. The van der Waals surface area contributed by atoms with E-state index in [1.165, 1.54) is 0 Å². The van der Waals surface area contributed by atoms with E-state index in [1.807, 2.05) is 27.7 Å². The maximum atomic E-state index is 13.0. The minimum atomic E-state index is -1.14. The molecule has 0 aromatic rings. The zero-order chi connectivity index (χ0) is 24.5. The number of hydrogen-bond acceptors (Lipinski definition) is 5. The van der Waals surface area contributed by atoms with Gasteiger partial charge in [0.2, 0.25) is 17.7 Å². The molecule has 180 valence electrons. The van der Waals surface area contributed by atoms with Gasteiger partial charge in [-0.1, -0.05) is 61.8 Å². The molecule has 0 spiro atoms. The van der Waals surface area contributed by atoms with E-state index in [0.717, 1.165) is 0 Å². The summed E-state index contributed by atoms with van der Waals surface area (Å²) in [6.45, 7) is 14.5. The van der Waals surface area contributed by atoms with Gasteiger partial charge in [0.15, 0.2) is 0 Å². The molecule has 0 radical (unpaired) electrons. The predicted octanol–water partition coefficient (Wildman–Crippen LogP) is 1.26. The van der Waals surface area contributed by atoms with E-state index in [2.05, 4.69) is 16.0 Å². The minimum Gasteiger partial charge on any atom is -0.480 e. The van der Waals surface area contributed by atoms with Crippen LogP contribution in [0, 0.1) is 23.7 Å². The first kappa shape index (κ1) is 28.8. The highest BCUT2D eigenvalue weighted by atomic mass is 16.4. The Kier molecular flexibility index (Phi) is 12.4. The molecule has 0 aliphatic heterocycles. The Hall–Kier alpha value is -2.16. The number of carboxylic acid groups (broad SMARTS) is 1. The Morgan fingerprint density at radius 3 is 1.55 bits per heavy atom. The molecule has 0 rings (SSSR count). The van der Waals surface area contributed by atoms with Gasteiger partial charge in [0.05, 0.1) is 6.04 Å². The van der Waals surface area contributed by atoms with Crippen molar-refractivity contribution in [1.82, 2.24) is 16.0 Å². The summed E-state index contributed by atoms with van der Waals surface area (Å²) in [6, 6.07) is -3.60. The summed E-state index contributed by atoms with van der Waals surface area (Å²) in [7, 11) is 0. The smallest absolute Gasteiger partial charge is 0.326 e. The molecule has 9 nitrogen and oxygen atoms in total. The Bertz CT molecular complexity index is 621. The van der Waals surface area contributed by atoms with Crippen molar-refractivity contribution in [3.63, 3.8) is 0 Å². The summed E-state index contributed by atoms with van der Waals surface area (Å²) in [5.41, 5.74) is 5.95. The first-order valence-corrected chi connectivity index (χ1v) is 11.1. The molecule has 3 amide bonds. The fourth-order valence-electron chi connectivity index (χ4n) is 3.11. The third kappa shape index (κ3) is 9.67. The largest absolute Gasteiger partial charge is 0.480 e. The van der Waals surface area contributed by atoms with E-state index in [-0.39, 0.29) is 23.7 Å². The normalized spacial score (nSPS) is 16.4. The molecular weight excluding hydrogens is 400 g/mol. The number of amides is 3. The van der Waals surface area contributed by atoms with Crippen LogP contribution in [0.3, 0.4) is 0 Å². The van der Waals surface area contributed by atoms with Crippen molar-refractivity contribution in [1.29, 1.82) is 0 Å². The van der Waals surface area contributed by atoms with E-state index in [4.69, 9.17) is 5.73 Å². The standard InChI is InChI=1S/C22H42N4O5/c1-9-14(8)18(26-19(27)15(23)10-11(2)3)21(29)24-16(12(4)5)20(28)25-17(13(6)7)22(30)31/h11-18H,9-10,23H2,1-8H3,(H,24,29)(H,25,28)(H,26,27)(H,30,31). The van der Waals surface area contributed by atoms with E-state index in [1.54, 1.807) is 27.7 Å². The molecule has 0 saturated carbocycles. The van der Waals surface area contributed by atoms with Crippen molar-refractivity contribution < 1.29 is 24.3 Å². The highest BCUT2D eigenvalue weighted by Crippen LogP contribution is 2.12. The van der Waals surface area contributed by atoms with Crippen LogP contribution in [0.15, 0.2) is 0 Å². The zero-order valence-corrected chi connectivity index (χ0v) is 20.2. The van der Waals surface area contributed by atoms with Gasteiger partial charge in [-0.2, -0.15) is 0 Å². The van der Waals surface area contributed by atoms with Crippen LogP contribution in [0.2, 0.25) is 0 Å². The van der Waals surface area contributed by atoms with Gasteiger partial charge in [0.1, 0.15) is 18.1 Å². The van der Waals surface area contributed by atoms with Gasteiger partial charge in [-0.3, -0.25) is 14.4 Å². The highest BCUT2D eigenvalue weighted by molar-refractivity contribution is 5.94. The second kappa shape index (κ2) is 13.3. The van der Waals surface area contributed by atoms with E-state index < -0.39 is 47.9 Å². The summed E-state index contributed by atoms with van der Waals surface area (Å²) >= 11 is 0. The molecule has 5 atom stereocenters. The maximum absolute atomic E-state index is 13.0. The molecule has 0 aromatic carbocycles. The van der Waals surface area contributed by atoms with Gasteiger partial charge in [-0.25, -0.2) is 4.79 Å². The number of carbonyl (C=O) groups is 4. The molecule has 9 heteroatoms. The predicted molar refractivity (Wildman–Crippen MR) is 120 cm³/mol. The lowest BCUT2D eigenvalue weighted by Crippen LogP contribution is -2.60. The molecule has 0 aliphatic carbocycles. The van der Waals surface area contributed by atoms with Crippen molar-refractivity contribution in [2.24, 2.45) is 29.4 Å². The van der Waals surface area contributed by atoms with E-state index >= 15 is 0 Å². The SMILES string of the molecule is CCC(C)C(NC(=O)C(N)CC(C)C)C(=O)NC(C(=O)NC(C(=O)O)C(C)C)C(C)C. The molecule has 0 heterocycles. The third-order valence-corrected chi connectivity index (χ3v) is 5.33. The lowest BCUT2D eigenvalue weighted by Gasteiger charge is -2.30. The van der Waals surface area contributed by atoms with E-state index in [9.17, 15) is 24.3 Å². The fraction of sp³-hybridized carbons (Fsp3) is 0.818. The van der Waals surface area contributed by atoms with Gasteiger partial charge in [-0.05, 0) is 30.1 Å². The Labute approximate surface area is 186 Å². The Balaban J connectivity index is 5.47. The number of carbonyl (C=O) groups excluding carboxylic acids is 3. The second-order valence-corrected chi connectivity index (χ2v) is 9.41. The van der Waals surface area contributed by atoms with Crippen LogP contribution in [0.1, 0.15) is 68.2 Å². The van der Waals surface area contributed by atoms with Crippen molar-refractivity contribution in [2.75, 3.05) is 0 Å². The summed E-state index contributed by atoms with van der Waals surface area (Å²) < 4.78 is 0. The van der Waals surface area contributed by atoms with Crippen molar-refractivity contribution in [3.05, 3.63) is 0 Å². The van der Waals surface area contributed by atoms with Crippen LogP contribution < -0.4 is 21.7 Å². The summed E-state index contributed by atoms with van der Waals surface area (Å²) in [5.74, 6) is -3.18. The molecule has 0 fully saturated rings. The number of nitrogens with two attached hydrogens (primary N) is 1. The van der Waals surface area contributed by atoms with Crippen LogP contribution in [-0.2, 0) is 19.2 Å². The zero-order valence-electron chi connectivity index (χ0n) is 20.2. The quantitative estimate of drug-likeness (QED) is 0.290. The number of aliphatic carboxylic acids is 1. The number of hydrogen-bond donors (Lipinski definition) is 5. The maximum Gasteiger partial charge on any atom is 0.326 e. The van der Waals surface area contributed by atoms with Gasteiger partial charge in [0, 0.05) is 0 Å². The van der Waals surface area contributed by atoms with Crippen LogP contribution in [-0.4, -0.2) is 53.0 Å². The second-order valence-electron chi connectivity index (χ2n) is 9.41. The Morgan fingerprint density at radius 2 is 1.16 bits per heavy atom. The minimum absolute atomic E-state index is 0.187. The average Bonchev–Trinajstić information content (AvgIpc) is 2.65. The summed E-state index contributed by atoms with van der Waals surface area (Å²) in [6.07, 6.45) is 1.12. The summed E-state index contributed by atoms with van der Waals surface area (Å²) in [4.78, 5) is 49.7. The van der Waals surface area contributed by atoms with E-state index in [0.29, 0.717) is 12.8 Å². The molecule has 5 unspecified atom stereocenters. The monoisotopic (exact) mass is 442 g/mol. The fourth-order valence-corrected chi connectivity index (χ4v) is 3.11. The van der Waals surface area contributed by atoms with Crippen LogP contribution in [0.4, 0.5) is 0 Å². The van der Waals surface area contributed by atoms with Gasteiger partial charge < -0.3 is 26.8 Å². The molecule has 0 bridgehead atoms. The van der Waals surface area contributed by atoms with Gasteiger partial charge in [0.25, 0.3) is 0 Å². The lowest BCUT2D eigenvalue weighted by atomic mass is 9.95. The van der Waals surface area contributed by atoms with Crippen LogP contribution in [0.25, 0.3) is 0 Å². The van der Waals surface area contributed by atoms with Gasteiger partial charge >= 0.3 is 5.97 Å².